The van der Waals surface area contributed by atoms with Gasteiger partial charge in [-0.1, -0.05) is 215 Å². The molecule has 0 aliphatic carbocycles. The van der Waals surface area contributed by atoms with Crippen molar-refractivity contribution in [2.24, 2.45) is 0 Å². The number of rotatable bonds is 51. The van der Waals surface area contributed by atoms with Gasteiger partial charge in [-0.2, -0.15) is 0 Å². The van der Waals surface area contributed by atoms with Crippen molar-refractivity contribution in [3.8, 4) is 0 Å². The van der Waals surface area contributed by atoms with Crippen LogP contribution in [0.25, 0.3) is 0 Å². The molecule has 0 rings (SSSR count). The number of carbonyl (C=O) groups excluding carboxylic acids is 2. The summed E-state index contributed by atoms with van der Waals surface area (Å²) in [4.78, 5) is 37.5. The standard InChI is InChI=1S/C61H109N2O7P/c1-7-10-13-16-19-22-25-27-28-29-30-31-32-33-34-36-38-41-44-47-50-53-60(64)62-58(57-69-71(66,67)68-56-55-63(4,5)6)59(52-49-46-43-40-37-24-21-18-15-12-9-3)70-61(65)54-51-48-45-42-39-35-26-23-20-17-14-11-8-2/h19,22,27-28,30-31,33-35,39,45,48-49,52,58-59H,7-18,20-21,23-26,29,32,36-38,40-44,46-47,50-51,53-57H2,1-6H3,(H-,62,64,66,67)/p+1/b22-19-,28-27-,31-30-,34-33-,39-35-,48-45+,52-49-. The maximum Gasteiger partial charge on any atom is 0.472 e. The Morgan fingerprint density at radius 2 is 0.873 bits per heavy atom. The maximum atomic E-state index is 13.5. The maximum absolute atomic E-state index is 13.5. The molecule has 410 valence electrons. The number of hydrogen-bond donors (Lipinski definition) is 2. The lowest BCUT2D eigenvalue weighted by atomic mass is 10.1. The second-order valence-electron chi connectivity index (χ2n) is 20.5. The first-order chi connectivity index (χ1) is 34.4. The van der Waals surface area contributed by atoms with E-state index in [2.05, 4.69) is 92.9 Å². The van der Waals surface area contributed by atoms with Crippen LogP contribution in [-0.4, -0.2) is 74.3 Å². The Morgan fingerprint density at radius 3 is 1.34 bits per heavy atom. The van der Waals surface area contributed by atoms with Crippen molar-refractivity contribution in [2.75, 3.05) is 40.9 Å². The van der Waals surface area contributed by atoms with E-state index >= 15 is 0 Å². The molecule has 71 heavy (non-hydrogen) atoms. The summed E-state index contributed by atoms with van der Waals surface area (Å²) < 4.78 is 30.5. The number of ether oxygens (including phenoxy) is 1. The molecule has 0 aromatic heterocycles. The van der Waals surface area contributed by atoms with E-state index in [0.29, 0.717) is 23.9 Å². The smallest absolute Gasteiger partial charge is 0.456 e. The van der Waals surface area contributed by atoms with Crippen LogP contribution in [0.15, 0.2) is 85.1 Å². The van der Waals surface area contributed by atoms with E-state index in [4.69, 9.17) is 13.8 Å². The number of allylic oxidation sites excluding steroid dienone is 13. The number of phosphoric ester groups is 1. The third-order valence-corrected chi connectivity index (χ3v) is 13.3. The summed E-state index contributed by atoms with van der Waals surface area (Å²) in [5, 5.41) is 3.02. The van der Waals surface area contributed by atoms with E-state index in [1.54, 1.807) is 0 Å². The summed E-state index contributed by atoms with van der Waals surface area (Å²) in [5.41, 5.74) is 0. The number of quaternary nitrogens is 1. The quantitative estimate of drug-likeness (QED) is 0.0205. The van der Waals surface area contributed by atoms with Gasteiger partial charge < -0.3 is 19.4 Å². The summed E-state index contributed by atoms with van der Waals surface area (Å²) in [7, 11) is 1.45. The molecule has 2 N–H and O–H groups in total. The van der Waals surface area contributed by atoms with Crippen LogP contribution in [0, 0.1) is 0 Å². The fraction of sp³-hybridized carbons (Fsp3) is 0.738. The molecule has 0 radical (unpaired) electrons. The van der Waals surface area contributed by atoms with Gasteiger partial charge in [0, 0.05) is 12.8 Å². The molecule has 0 saturated heterocycles. The first-order valence-electron chi connectivity index (χ1n) is 28.9. The largest absolute Gasteiger partial charge is 0.472 e. The molecule has 10 heteroatoms. The van der Waals surface area contributed by atoms with Gasteiger partial charge in [0.1, 0.15) is 19.3 Å². The second-order valence-corrected chi connectivity index (χ2v) is 21.9. The Kier molecular flexibility index (Phi) is 48.7. The minimum absolute atomic E-state index is 0.0252. The zero-order valence-corrected chi connectivity index (χ0v) is 47.6. The first kappa shape index (κ1) is 68.2. The Labute approximate surface area is 437 Å². The first-order valence-corrected chi connectivity index (χ1v) is 30.4. The number of hydrogen-bond acceptors (Lipinski definition) is 6. The minimum atomic E-state index is -4.46. The molecule has 0 fully saturated rings. The summed E-state index contributed by atoms with van der Waals surface area (Å²) in [6.45, 7) is 6.90. The van der Waals surface area contributed by atoms with Gasteiger partial charge in [-0.15, -0.1) is 0 Å². The fourth-order valence-corrected chi connectivity index (χ4v) is 8.53. The van der Waals surface area contributed by atoms with E-state index in [1.807, 2.05) is 39.4 Å². The lowest BCUT2D eigenvalue weighted by Gasteiger charge is -2.27. The van der Waals surface area contributed by atoms with Crippen LogP contribution in [0.4, 0.5) is 0 Å². The molecular formula is C61H110N2O7P+. The molecule has 0 aliphatic rings. The molecule has 0 bridgehead atoms. The highest BCUT2D eigenvalue weighted by Crippen LogP contribution is 2.43. The van der Waals surface area contributed by atoms with E-state index < -0.39 is 25.9 Å². The van der Waals surface area contributed by atoms with Crippen LogP contribution in [0.5, 0.6) is 0 Å². The molecule has 1 amide bonds. The van der Waals surface area contributed by atoms with Gasteiger partial charge in [0.05, 0.1) is 33.8 Å². The third kappa shape index (κ3) is 51.9. The van der Waals surface area contributed by atoms with E-state index in [1.165, 1.54) is 109 Å². The van der Waals surface area contributed by atoms with Gasteiger partial charge in [0.15, 0.2) is 0 Å². The molecule has 0 saturated carbocycles. The van der Waals surface area contributed by atoms with E-state index in [-0.39, 0.29) is 25.5 Å². The van der Waals surface area contributed by atoms with Crippen LogP contribution in [0.2, 0.25) is 0 Å². The normalized spacial score (nSPS) is 14.4. The van der Waals surface area contributed by atoms with Crippen LogP contribution in [-0.2, 0) is 27.9 Å². The molecule has 3 unspecified atom stereocenters. The summed E-state index contributed by atoms with van der Waals surface area (Å²) >= 11 is 0. The molecule has 0 spiro atoms. The average Bonchev–Trinajstić information content (AvgIpc) is 3.33. The number of carbonyl (C=O) groups is 2. The molecule has 0 aromatic carbocycles. The van der Waals surface area contributed by atoms with Gasteiger partial charge in [-0.05, 0) is 96.0 Å². The Morgan fingerprint density at radius 1 is 0.493 bits per heavy atom. The molecule has 0 aromatic rings. The van der Waals surface area contributed by atoms with Crippen molar-refractivity contribution in [3.05, 3.63) is 85.1 Å². The van der Waals surface area contributed by atoms with E-state index in [0.717, 1.165) is 89.9 Å². The zero-order valence-electron chi connectivity index (χ0n) is 46.7. The van der Waals surface area contributed by atoms with Gasteiger partial charge >= 0.3 is 13.8 Å². The number of esters is 1. The van der Waals surface area contributed by atoms with E-state index in [9.17, 15) is 19.0 Å². The number of nitrogens with one attached hydrogen (secondary N) is 1. The van der Waals surface area contributed by atoms with Crippen molar-refractivity contribution in [1.29, 1.82) is 0 Å². The highest BCUT2D eigenvalue weighted by Gasteiger charge is 2.30. The fourth-order valence-electron chi connectivity index (χ4n) is 7.80. The summed E-state index contributed by atoms with van der Waals surface area (Å²) in [6.07, 6.45) is 65.9. The summed E-state index contributed by atoms with van der Waals surface area (Å²) in [5.74, 6) is -0.609. The Hall–Kier alpha value is -2.81. The topological polar surface area (TPSA) is 111 Å². The van der Waals surface area contributed by atoms with Gasteiger partial charge in [-0.25, -0.2) is 4.57 Å². The number of amides is 1. The SMILES string of the molecule is CCCCC/C=C\C/C=C\C/C=C\C/C=C\CCCCCCCC(=O)NC(COP(=O)(O)OCC[N+](C)(C)C)C(/C=C\CCCCCCCCCCC)OC(=O)CC/C=C/C/C=C\CCCCCCCC. The number of likely N-dealkylation sites (N-methyl/N-ethyl adjacent to an activating group) is 1. The lowest BCUT2D eigenvalue weighted by Crippen LogP contribution is -2.47. The van der Waals surface area contributed by atoms with Crippen molar-refractivity contribution in [1.82, 2.24) is 5.32 Å². The van der Waals surface area contributed by atoms with Crippen LogP contribution in [0.1, 0.15) is 239 Å². The molecule has 0 aliphatic heterocycles. The highest BCUT2D eigenvalue weighted by molar-refractivity contribution is 7.47. The van der Waals surface area contributed by atoms with Gasteiger partial charge in [0.2, 0.25) is 5.91 Å². The van der Waals surface area contributed by atoms with Crippen LogP contribution >= 0.6 is 7.82 Å². The van der Waals surface area contributed by atoms with Crippen molar-refractivity contribution < 1.29 is 37.3 Å². The van der Waals surface area contributed by atoms with Crippen molar-refractivity contribution >= 4 is 19.7 Å². The van der Waals surface area contributed by atoms with Crippen molar-refractivity contribution in [2.45, 2.75) is 251 Å². The van der Waals surface area contributed by atoms with Gasteiger partial charge in [0.25, 0.3) is 0 Å². The zero-order chi connectivity index (χ0) is 52.2. The number of unbranched alkanes of at least 4 members (excludes halogenated alkanes) is 23. The van der Waals surface area contributed by atoms with Gasteiger partial charge in [-0.3, -0.25) is 18.6 Å². The predicted molar refractivity (Wildman–Crippen MR) is 304 cm³/mol. The summed E-state index contributed by atoms with van der Waals surface area (Å²) in [6, 6.07) is -0.883. The molecular weight excluding hydrogens is 904 g/mol. The van der Waals surface area contributed by atoms with Crippen molar-refractivity contribution in [3.63, 3.8) is 0 Å². The number of phosphoric acid groups is 1. The monoisotopic (exact) mass is 1010 g/mol. The second kappa shape index (κ2) is 50.7. The van der Waals surface area contributed by atoms with Crippen LogP contribution < -0.4 is 5.32 Å². The van der Waals surface area contributed by atoms with Crippen LogP contribution in [0.3, 0.4) is 0 Å². The minimum Gasteiger partial charge on any atom is -0.456 e. The average molecular weight is 1010 g/mol. The Bertz CT molecular complexity index is 1490. The number of nitrogens with zero attached hydrogens (tertiary/aromatic N) is 1. The highest BCUT2D eigenvalue weighted by atomic mass is 31.2. The molecule has 9 nitrogen and oxygen atoms in total. The third-order valence-electron chi connectivity index (χ3n) is 12.3. The Balaban J connectivity index is 5.37. The lowest BCUT2D eigenvalue weighted by molar-refractivity contribution is -0.870. The molecule has 3 atom stereocenters. The predicted octanol–water partition coefficient (Wildman–Crippen LogP) is 17.4. The molecule has 0 heterocycles.